The van der Waals surface area contributed by atoms with Crippen molar-refractivity contribution >= 4 is 29.3 Å². The van der Waals surface area contributed by atoms with Gasteiger partial charge in [0.15, 0.2) is 0 Å². The van der Waals surface area contributed by atoms with Crippen LogP contribution >= 0.6 is 11.6 Å². The number of hydrogen-bond donors (Lipinski definition) is 0. The standard InChI is InChI=1S/C20H24ClN3O3/c21-16-3-1-14(2-4-16)11-18(25)22-7-9-23(10-8-22)20(27)15-12-19(26)24(13-15)17-5-6-17/h1-4,15,17H,5-13H2. The van der Waals surface area contributed by atoms with E-state index >= 15 is 0 Å². The summed E-state index contributed by atoms with van der Waals surface area (Å²) in [5, 5.41) is 0.656. The van der Waals surface area contributed by atoms with Crippen molar-refractivity contribution in [3.8, 4) is 0 Å². The first-order valence-corrected chi connectivity index (χ1v) is 9.99. The van der Waals surface area contributed by atoms with Gasteiger partial charge in [0.25, 0.3) is 0 Å². The molecule has 0 spiro atoms. The minimum absolute atomic E-state index is 0.0660. The van der Waals surface area contributed by atoms with Crippen LogP contribution in [0.2, 0.25) is 5.02 Å². The van der Waals surface area contributed by atoms with Crippen molar-refractivity contribution in [2.24, 2.45) is 5.92 Å². The van der Waals surface area contributed by atoms with Crippen LogP contribution in [0, 0.1) is 5.92 Å². The molecule has 0 radical (unpaired) electrons. The largest absolute Gasteiger partial charge is 0.339 e. The second-order valence-electron chi connectivity index (χ2n) is 7.69. The summed E-state index contributed by atoms with van der Waals surface area (Å²) in [6.45, 7) is 2.74. The molecule has 0 N–H and O–H groups in total. The Labute approximate surface area is 164 Å². The number of nitrogens with zero attached hydrogens (tertiary/aromatic N) is 3. The fourth-order valence-corrected chi connectivity index (χ4v) is 4.09. The molecule has 6 nitrogen and oxygen atoms in total. The summed E-state index contributed by atoms with van der Waals surface area (Å²) in [7, 11) is 0. The Morgan fingerprint density at radius 3 is 2.26 bits per heavy atom. The topological polar surface area (TPSA) is 60.9 Å². The first-order chi connectivity index (χ1) is 13.0. The van der Waals surface area contributed by atoms with Crippen LogP contribution in [0.4, 0.5) is 0 Å². The highest BCUT2D eigenvalue weighted by atomic mass is 35.5. The molecule has 1 unspecified atom stereocenters. The van der Waals surface area contributed by atoms with Crippen molar-refractivity contribution in [3.05, 3.63) is 34.9 Å². The van der Waals surface area contributed by atoms with Gasteiger partial charge in [0.1, 0.15) is 0 Å². The monoisotopic (exact) mass is 389 g/mol. The van der Waals surface area contributed by atoms with Gasteiger partial charge in [0, 0.05) is 50.2 Å². The molecule has 3 fully saturated rings. The van der Waals surface area contributed by atoms with Gasteiger partial charge in [-0.3, -0.25) is 14.4 Å². The molecule has 4 rings (SSSR count). The summed E-state index contributed by atoms with van der Waals surface area (Å²) >= 11 is 5.88. The van der Waals surface area contributed by atoms with Crippen LogP contribution < -0.4 is 0 Å². The molecular formula is C20H24ClN3O3. The fourth-order valence-electron chi connectivity index (χ4n) is 3.96. The number of rotatable bonds is 4. The van der Waals surface area contributed by atoms with Crippen LogP contribution in [0.1, 0.15) is 24.8 Å². The van der Waals surface area contributed by atoms with Crippen LogP contribution in [-0.2, 0) is 20.8 Å². The molecule has 1 aromatic rings. The molecule has 144 valence electrons. The third kappa shape index (κ3) is 4.10. The summed E-state index contributed by atoms with van der Waals surface area (Å²) < 4.78 is 0. The van der Waals surface area contributed by atoms with E-state index in [9.17, 15) is 14.4 Å². The highest BCUT2D eigenvalue weighted by Crippen LogP contribution is 2.33. The van der Waals surface area contributed by atoms with E-state index in [1.165, 1.54) is 0 Å². The van der Waals surface area contributed by atoms with Crippen LogP contribution in [0.5, 0.6) is 0 Å². The number of likely N-dealkylation sites (tertiary alicyclic amines) is 1. The van der Waals surface area contributed by atoms with Gasteiger partial charge in [-0.25, -0.2) is 0 Å². The third-order valence-electron chi connectivity index (χ3n) is 5.71. The van der Waals surface area contributed by atoms with Crippen molar-refractivity contribution in [2.45, 2.75) is 31.7 Å². The number of amides is 3. The molecule has 0 bridgehead atoms. The van der Waals surface area contributed by atoms with Crippen molar-refractivity contribution in [1.29, 1.82) is 0 Å². The number of piperazine rings is 1. The molecule has 2 aliphatic heterocycles. The van der Waals surface area contributed by atoms with Crippen molar-refractivity contribution in [1.82, 2.24) is 14.7 Å². The van der Waals surface area contributed by atoms with E-state index in [1.807, 2.05) is 26.8 Å². The third-order valence-corrected chi connectivity index (χ3v) is 5.96. The molecule has 1 aliphatic carbocycles. The Kier molecular flexibility index (Phi) is 5.08. The minimum atomic E-state index is -0.214. The number of carbonyl (C=O) groups is 3. The lowest BCUT2D eigenvalue weighted by molar-refractivity contribution is -0.141. The number of hydrogen-bond acceptors (Lipinski definition) is 3. The van der Waals surface area contributed by atoms with Gasteiger partial charge in [-0.1, -0.05) is 23.7 Å². The van der Waals surface area contributed by atoms with Gasteiger partial charge >= 0.3 is 0 Å². The van der Waals surface area contributed by atoms with Gasteiger partial charge in [-0.05, 0) is 30.5 Å². The lowest BCUT2D eigenvalue weighted by Gasteiger charge is -2.36. The van der Waals surface area contributed by atoms with Crippen LogP contribution in [0.15, 0.2) is 24.3 Å². The predicted molar refractivity (Wildman–Crippen MR) is 101 cm³/mol. The smallest absolute Gasteiger partial charge is 0.228 e. The van der Waals surface area contributed by atoms with Gasteiger partial charge in [0.2, 0.25) is 17.7 Å². The summed E-state index contributed by atoms with van der Waals surface area (Å²) in [5.74, 6) is 0.0405. The van der Waals surface area contributed by atoms with Gasteiger partial charge in [-0.15, -0.1) is 0 Å². The molecule has 1 saturated carbocycles. The zero-order valence-corrected chi connectivity index (χ0v) is 16.0. The van der Waals surface area contributed by atoms with E-state index in [-0.39, 0.29) is 23.6 Å². The van der Waals surface area contributed by atoms with E-state index in [0.717, 1.165) is 18.4 Å². The Morgan fingerprint density at radius 2 is 1.63 bits per heavy atom. The summed E-state index contributed by atoms with van der Waals surface area (Å²) in [5.41, 5.74) is 0.938. The van der Waals surface area contributed by atoms with Crippen LogP contribution in [0.25, 0.3) is 0 Å². The van der Waals surface area contributed by atoms with E-state index in [0.29, 0.717) is 56.6 Å². The molecule has 2 heterocycles. The zero-order valence-electron chi connectivity index (χ0n) is 15.3. The highest BCUT2D eigenvalue weighted by molar-refractivity contribution is 6.30. The van der Waals surface area contributed by atoms with Crippen molar-refractivity contribution in [3.63, 3.8) is 0 Å². The zero-order chi connectivity index (χ0) is 19.0. The van der Waals surface area contributed by atoms with E-state index < -0.39 is 0 Å². The molecular weight excluding hydrogens is 366 g/mol. The normalized spacial score (nSPS) is 23.1. The maximum atomic E-state index is 12.8. The fraction of sp³-hybridized carbons (Fsp3) is 0.550. The van der Waals surface area contributed by atoms with Gasteiger partial charge in [-0.2, -0.15) is 0 Å². The lowest BCUT2D eigenvalue weighted by Crippen LogP contribution is -2.52. The molecule has 0 aromatic heterocycles. The molecule has 3 amide bonds. The Balaban J connectivity index is 1.27. The first-order valence-electron chi connectivity index (χ1n) is 9.62. The highest BCUT2D eigenvalue weighted by Gasteiger charge is 2.43. The van der Waals surface area contributed by atoms with E-state index in [2.05, 4.69) is 0 Å². The minimum Gasteiger partial charge on any atom is -0.339 e. The Bertz CT molecular complexity index is 739. The van der Waals surface area contributed by atoms with Gasteiger partial charge < -0.3 is 14.7 Å². The number of carbonyl (C=O) groups excluding carboxylic acids is 3. The van der Waals surface area contributed by atoms with E-state index in [1.54, 1.807) is 12.1 Å². The van der Waals surface area contributed by atoms with Crippen LogP contribution in [0.3, 0.4) is 0 Å². The molecule has 1 aromatic carbocycles. The van der Waals surface area contributed by atoms with E-state index in [4.69, 9.17) is 11.6 Å². The molecule has 2 saturated heterocycles. The molecule has 3 aliphatic rings. The second-order valence-corrected chi connectivity index (χ2v) is 8.12. The molecule has 7 heteroatoms. The summed E-state index contributed by atoms with van der Waals surface area (Å²) in [6.07, 6.45) is 2.83. The quantitative estimate of drug-likeness (QED) is 0.785. The first kappa shape index (κ1) is 18.3. The average molecular weight is 390 g/mol. The molecule has 27 heavy (non-hydrogen) atoms. The van der Waals surface area contributed by atoms with Crippen molar-refractivity contribution < 1.29 is 14.4 Å². The Hall–Kier alpha value is -2.08. The number of halogens is 1. The van der Waals surface area contributed by atoms with Crippen LogP contribution in [-0.4, -0.2) is 71.2 Å². The summed E-state index contributed by atoms with van der Waals surface area (Å²) in [4.78, 5) is 42.9. The average Bonchev–Trinajstić information content (AvgIpc) is 3.45. The lowest BCUT2D eigenvalue weighted by atomic mass is 10.1. The Morgan fingerprint density at radius 1 is 1.00 bits per heavy atom. The van der Waals surface area contributed by atoms with Gasteiger partial charge in [0.05, 0.1) is 12.3 Å². The SMILES string of the molecule is O=C(Cc1ccc(Cl)cc1)N1CCN(C(=O)C2CC(=O)N(C3CC3)C2)CC1. The second kappa shape index (κ2) is 7.50. The predicted octanol–water partition coefficient (Wildman–Crippen LogP) is 1.56. The summed E-state index contributed by atoms with van der Waals surface area (Å²) in [6, 6.07) is 7.67. The maximum Gasteiger partial charge on any atom is 0.228 e. The van der Waals surface area contributed by atoms with Crippen molar-refractivity contribution in [2.75, 3.05) is 32.7 Å². The molecule has 1 atom stereocenters. The maximum absolute atomic E-state index is 12.8. The number of benzene rings is 1.